The summed E-state index contributed by atoms with van der Waals surface area (Å²) in [5.41, 5.74) is 3.01. The molecule has 2 aliphatic heterocycles. The first-order valence-corrected chi connectivity index (χ1v) is 23.6. The number of carbonyl (C=O) groups excluding carboxylic acids is 4. The number of halogens is 1. The molecule has 15 heteroatoms. The molecule has 5 aromatic carbocycles. The zero-order chi connectivity index (χ0) is 46.3. The maximum atomic E-state index is 14.4. The third kappa shape index (κ3) is 9.91. The normalized spacial score (nSPS) is 16.2. The highest BCUT2D eigenvalue weighted by Gasteiger charge is 2.55. The van der Waals surface area contributed by atoms with Gasteiger partial charge in [-0.05, 0) is 54.2 Å². The fourth-order valence-corrected chi connectivity index (χ4v) is 10.3. The molecular weight excluding hydrogens is 894 g/mol. The average Bonchev–Trinajstić information content (AvgIpc) is 3.81. The number of hydrogen-bond donors (Lipinski definition) is 2. The van der Waals surface area contributed by atoms with Crippen molar-refractivity contribution in [1.82, 2.24) is 15.2 Å². The van der Waals surface area contributed by atoms with Crippen LogP contribution >= 0.6 is 34.7 Å². The van der Waals surface area contributed by atoms with Crippen molar-refractivity contribution in [3.63, 3.8) is 0 Å². The number of ether oxygens (including phenoxy) is 2. The van der Waals surface area contributed by atoms with E-state index in [0.717, 1.165) is 27.8 Å². The van der Waals surface area contributed by atoms with Gasteiger partial charge in [-0.1, -0.05) is 157 Å². The van der Waals surface area contributed by atoms with Crippen LogP contribution in [0.25, 0.3) is 0 Å². The van der Waals surface area contributed by atoms with Gasteiger partial charge in [0.05, 0.1) is 0 Å². The number of thioether (sulfide) groups is 1. The molecule has 8 rings (SSSR count). The van der Waals surface area contributed by atoms with Gasteiger partial charge < -0.3 is 24.9 Å². The molecule has 66 heavy (non-hydrogen) atoms. The van der Waals surface area contributed by atoms with Gasteiger partial charge in [0, 0.05) is 17.0 Å². The lowest BCUT2D eigenvalue weighted by Crippen LogP contribution is -2.71. The van der Waals surface area contributed by atoms with Crippen LogP contribution in [0, 0.1) is 0 Å². The van der Waals surface area contributed by atoms with Crippen molar-refractivity contribution in [3.05, 3.63) is 202 Å². The molecular formula is C51H46ClN5O7S2. The summed E-state index contributed by atoms with van der Waals surface area (Å²) in [5.74, 6) is -2.46. The van der Waals surface area contributed by atoms with Gasteiger partial charge in [-0.2, -0.15) is 0 Å². The van der Waals surface area contributed by atoms with Gasteiger partial charge in [-0.3, -0.25) is 14.5 Å². The number of carbonyl (C=O) groups is 4. The lowest BCUT2D eigenvalue weighted by molar-refractivity contribution is -0.160. The molecule has 2 atom stereocenters. The summed E-state index contributed by atoms with van der Waals surface area (Å²) in [4.78, 5) is 67.1. The fraction of sp³-hybridized carbons (Fsp3) is 0.216. The van der Waals surface area contributed by atoms with Crippen LogP contribution in [0.4, 0.5) is 5.13 Å². The second-order valence-electron chi connectivity index (χ2n) is 16.4. The average molecular weight is 941 g/mol. The number of amides is 2. The number of β-lactam (4-membered cyclic amide) rings is 1. The minimum Gasteiger partial charge on any atom is -0.457 e. The third-order valence-corrected chi connectivity index (χ3v) is 13.2. The van der Waals surface area contributed by atoms with Gasteiger partial charge in [0.1, 0.15) is 33.9 Å². The summed E-state index contributed by atoms with van der Waals surface area (Å²) in [7, 11) is 0. The maximum absolute atomic E-state index is 14.4. The standard InChI is InChI=1S/C51H46ClN5O7S2/c1-50(2,3)64-40(58)30-62-56-41(39-32-66-49(53-39)55-51(36-23-13-6-14-24-36,37-25-15-7-16-26-37)38-27-17-8-18-28-38)45(59)54-42-46(60)57-43(35(29-52)31-65-47(42)57)48(61)63-44(33-19-9-4-10-20-33)34-21-11-5-12-22-34/h4-28,32,42,44,47H,29-31H2,1-3H3,(H,53,55)(H,54,59)/b56-41+/t42?,47-/m1/s1. The molecule has 0 bridgehead atoms. The summed E-state index contributed by atoms with van der Waals surface area (Å²) in [6, 6.07) is 47.5. The molecule has 0 spiro atoms. The van der Waals surface area contributed by atoms with E-state index in [1.54, 1.807) is 26.2 Å². The van der Waals surface area contributed by atoms with Crippen molar-refractivity contribution in [3.8, 4) is 0 Å². The van der Waals surface area contributed by atoms with Crippen molar-refractivity contribution in [1.29, 1.82) is 0 Å². The van der Waals surface area contributed by atoms with E-state index < -0.39 is 59.0 Å². The van der Waals surface area contributed by atoms with Gasteiger partial charge in [-0.25, -0.2) is 14.6 Å². The van der Waals surface area contributed by atoms with Crippen LogP contribution in [0.15, 0.2) is 173 Å². The van der Waals surface area contributed by atoms with Crippen LogP contribution in [-0.2, 0) is 39.0 Å². The van der Waals surface area contributed by atoms with E-state index in [0.29, 0.717) is 16.5 Å². The Balaban J connectivity index is 1.08. The minimum atomic E-state index is -1.07. The molecule has 336 valence electrons. The van der Waals surface area contributed by atoms with Gasteiger partial charge in [-0.15, -0.1) is 34.7 Å². The van der Waals surface area contributed by atoms with E-state index in [2.05, 4.69) is 15.8 Å². The lowest BCUT2D eigenvalue weighted by atomic mass is 9.77. The van der Waals surface area contributed by atoms with E-state index in [9.17, 15) is 19.2 Å². The second-order valence-corrected chi connectivity index (χ2v) is 18.6. The maximum Gasteiger partial charge on any atom is 0.356 e. The topological polar surface area (TPSA) is 149 Å². The Kier molecular flexibility index (Phi) is 14.0. The van der Waals surface area contributed by atoms with Crippen LogP contribution in [0.1, 0.15) is 60.4 Å². The zero-order valence-corrected chi connectivity index (χ0v) is 38.6. The zero-order valence-electron chi connectivity index (χ0n) is 36.3. The summed E-state index contributed by atoms with van der Waals surface area (Å²) in [6.07, 6.45) is -0.765. The molecule has 2 amide bonds. The molecule has 1 unspecified atom stereocenters. The highest BCUT2D eigenvalue weighted by atomic mass is 35.5. The van der Waals surface area contributed by atoms with Crippen molar-refractivity contribution in [2.75, 3.05) is 23.6 Å². The molecule has 1 saturated heterocycles. The molecule has 0 radical (unpaired) electrons. The Morgan fingerprint density at radius 3 is 1.82 bits per heavy atom. The molecule has 6 aromatic rings. The number of nitrogens with zero attached hydrogens (tertiary/aromatic N) is 3. The van der Waals surface area contributed by atoms with Crippen molar-refractivity contribution in [2.24, 2.45) is 5.16 Å². The van der Waals surface area contributed by atoms with Crippen molar-refractivity contribution in [2.45, 2.75) is 49.4 Å². The number of rotatable bonds is 16. The predicted octanol–water partition coefficient (Wildman–Crippen LogP) is 8.84. The Hall–Kier alpha value is -6.74. The number of aromatic nitrogens is 1. The second kappa shape index (κ2) is 20.2. The minimum absolute atomic E-state index is 0.0155. The summed E-state index contributed by atoms with van der Waals surface area (Å²) in [5, 5.41) is 12.1. The molecule has 3 heterocycles. The Bertz CT molecular complexity index is 2600. The third-order valence-electron chi connectivity index (χ3n) is 10.8. The van der Waals surface area contributed by atoms with Gasteiger partial charge in [0.25, 0.3) is 11.8 Å². The van der Waals surface area contributed by atoms with Crippen molar-refractivity contribution >= 4 is 69.3 Å². The van der Waals surface area contributed by atoms with Gasteiger partial charge in [0.2, 0.25) is 6.61 Å². The van der Waals surface area contributed by atoms with Crippen LogP contribution < -0.4 is 10.6 Å². The van der Waals surface area contributed by atoms with Crippen LogP contribution in [0.2, 0.25) is 0 Å². The SMILES string of the molecule is CC(C)(C)OC(=O)CO/N=C(/C(=O)NC1C(=O)N2C(C(=O)OC(c3ccccc3)c3ccccc3)=C(CCl)CS[C@H]12)c1csc(NC(c2ccccc2)(c2ccccc2)c2ccccc2)n1. The number of thiazole rings is 1. The number of fused-ring (bicyclic) bond motifs is 1. The molecule has 0 saturated carbocycles. The number of oxime groups is 1. The largest absolute Gasteiger partial charge is 0.457 e. The molecule has 1 aromatic heterocycles. The van der Waals surface area contributed by atoms with Crippen LogP contribution in [0.5, 0.6) is 0 Å². The number of esters is 2. The first kappa shape index (κ1) is 45.8. The molecule has 2 aliphatic rings. The first-order chi connectivity index (χ1) is 32.0. The number of alkyl halides is 1. The number of nitrogens with one attached hydrogen (secondary N) is 2. The van der Waals surface area contributed by atoms with E-state index in [-0.39, 0.29) is 23.0 Å². The smallest absolute Gasteiger partial charge is 0.356 e. The Labute approximate surface area is 396 Å². The summed E-state index contributed by atoms with van der Waals surface area (Å²) < 4.78 is 11.6. The van der Waals surface area contributed by atoms with Crippen LogP contribution in [0.3, 0.4) is 0 Å². The Morgan fingerprint density at radius 1 is 0.803 bits per heavy atom. The predicted molar refractivity (Wildman–Crippen MR) is 257 cm³/mol. The molecule has 1 fully saturated rings. The molecule has 0 aliphatic carbocycles. The van der Waals surface area contributed by atoms with Crippen molar-refractivity contribution < 1.29 is 33.5 Å². The monoisotopic (exact) mass is 939 g/mol. The van der Waals surface area contributed by atoms with Gasteiger partial charge in [0.15, 0.2) is 16.9 Å². The number of hydrogen-bond acceptors (Lipinski definition) is 12. The number of anilines is 1. The van der Waals surface area contributed by atoms with Gasteiger partial charge >= 0.3 is 11.9 Å². The molecule has 12 nitrogen and oxygen atoms in total. The van der Waals surface area contributed by atoms with Crippen LogP contribution in [-0.4, -0.2) is 74.6 Å². The van der Waals surface area contributed by atoms with E-state index in [1.165, 1.54) is 28.0 Å². The number of benzene rings is 5. The lowest BCUT2D eigenvalue weighted by Gasteiger charge is -2.49. The Morgan fingerprint density at radius 2 is 1.32 bits per heavy atom. The highest BCUT2D eigenvalue weighted by molar-refractivity contribution is 8.00. The quantitative estimate of drug-likeness (QED) is 0.0241. The summed E-state index contributed by atoms with van der Waals surface area (Å²) in [6.45, 7) is 4.57. The fourth-order valence-electron chi connectivity index (χ4n) is 7.84. The van der Waals surface area contributed by atoms with E-state index in [1.807, 2.05) is 152 Å². The molecule has 2 N–H and O–H groups in total. The summed E-state index contributed by atoms with van der Waals surface area (Å²) >= 11 is 8.99. The van der Waals surface area contributed by atoms with E-state index >= 15 is 0 Å². The first-order valence-electron chi connectivity index (χ1n) is 21.1. The van der Waals surface area contributed by atoms with E-state index in [4.69, 9.17) is 30.9 Å². The highest BCUT2D eigenvalue weighted by Crippen LogP contribution is 2.43.